The molecule has 2 aromatic rings. The van der Waals surface area contributed by atoms with Gasteiger partial charge < -0.3 is 19.9 Å². The van der Waals surface area contributed by atoms with Crippen LogP contribution in [0.15, 0.2) is 48.5 Å². The number of hydrogen-bond acceptors (Lipinski definition) is 4. The average Bonchev–Trinajstić information content (AvgIpc) is 2.63. The number of ether oxygens (including phenoxy) is 2. The summed E-state index contributed by atoms with van der Waals surface area (Å²) >= 11 is 0. The summed E-state index contributed by atoms with van der Waals surface area (Å²) in [5, 5.41) is 12.1. The van der Waals surface area contributed by atoms with E-state index in [9.17, 15) is 14.7 Å². The predicted molar refractivity (Wildman–Crippen MR) is 93.3 cm³/mol. The van der Waals surface area contributed by atoms with Crippen LogP contribution in [-0.4, -0.2) is 37.2 Å². The average molecular weight is 343 g/mol. The molecular weight excluding hydrogens is 322 g/mol. The zero-order valence-electron chi connectivity index (χ0n) is 14.2. The molecule has 0 aromatic heterocycles. The third-order valence-electron chi connectivity index (χ3n) is 3.69. The number of hydrogen-bond donors (Lipinski definition) is 2. The number of amides is 1. The zero-order valence-corrected chi connectivity index (χ0v) is 14.2. The van der Waals surface area contributed by atoms with Gasteiger partial charge in [0.25, 0.3) is 5.91 Å². The highest BCUT2D eigenvalue weighted by molar-refractivity contribution is 5.95. The standard InChI is InChI=1S/C19H21NO5/c1-3-25-16-10-9-14(11-17(16)24-2)18(21)20-12-15(19(22)23)13-7-5-4-6-8-13/h4-11,15H,3,12H2,1-2H3,(H,20,21)(H,22,23). The SMILES string of the molecule is CCOc1ccc(C(=O)NCC(C(=O)O)c2ccccc2)cc1OC. The second-order valence-corrected chi connectivity index (χ2v) is 5.31. The molecule has 132 valence electrons. The Bertz CT molecular complexity index is 730. The van der Waals surface area contributed by atoms with Crippen LogP contribution < -0.4 is 14.8 Å². The molecule has 0 radical (unpaired) electrons. The first-order chi connectivity index (χ1) is 12.1. The molecule has 0 aliphatic carbocycles. The number of carboxylic acid groups (broad SMARTS) is 1. The Morgan fingerprint density at radius 3 is 2.44 bits per heavy atom. The Morgan fingerprint density at radius 2 is 1.84 bits per heavy atom. The molecule has 1 atom stereocenters. The predicted octanol–water partition coefficient (Wildman–Crippen LogP) is 2.69. The van der Waals surface area contributed by atoms with Gasteiger partial charge in [0.1, 0.15) is 0 Å². The highest BCUT2D eigenvalue weighted by Gasteiger charge is 2.21. The van der Waals surface area contributed by atoms with Gasteiger partial charge >= 0.3 is 5.97 Å². The second-order valence-electron chi connectivity index (χ2n) is 5.31. The Kier molecular flexibility index (Phi) is 6.39. The van der Waals surface area contributed by atoms with Crippen molar-refractivity contribution in [2.24, 2.45) is 0 Å². The van der Waals surface area contributed by atoms with Gasteiger partial charge in [-0.25, -0.2) is 0 Å². The van der Waals surface area contributed by atoms with Crippen molar-refractivity contribution < 1.29 is 24.2 Å². The monoisotopic (exact) mass is 343 g/mol. The molecule has 0 heterocycles. The molecule has 25 heavy (non-hydrogen) atoms. The fourth-order valence-corrected chi connectivity index (χ4v) is 2.41. The molecule has 1 amide bonds. The summed E-state index contributed by atoms with van der Waals surface area (Å²) in [4.78, 5) is 23.8. The summed E-state index contributed by atoms with van der Waals surface area (Å²) in [5.41, 5.74) is 1.01. The van der Waals surface area contributed by atoms with Crippen LogP contribution in [0.1, 0.15) is 28.8 Å². The van der Waals surface area contributed by atoms with Crippen molar-refractivity contribution in [3.8, 4) is 11.5 Å². The molecule has 0 fully saturated rings. The number of carbonyl (C=O) groups is 2. The van der Waals surface area contributed by atoms with Gasteiger partial charge in [-0.3, -0.25) is 9.59 Å². The minimum absolute atomic E-state index is 0.00624. The number of aliphatic carboxylic acids is 1. The van der Waals surface area contributed by atoms with E-state index >= 15 is 0 Å². The van der Waals surface area contributed by atoms with Crippen molar-refractivity contribution >= 4 is 11.9 Å². The Balaban J connectivity index is 2.09. The number of carbonyl (C=O) groups excluding carboxylic acids is 1. The lowest BCUT2D eigenvalue weighted by atomic mass is 9.99. The quantitative estimate of drug-likeness (QED) is 0.770. The van der Waals surface area contributed by atoms with E-state index in [1.807, 2.05) is 13.0 Å². The zero-order chi connectivity index (χ0) is 18.2. The molecule has 2 N–H and O–H groups in total. The lowest BCUT2D eigenvalue weighted by molar-refractivity contribution is -0.138. The van der Waals surface area contributed by atoms with Crippen molar-refractivity contribution in [1.82, 2.24) is 5.32 Å². The highest BCUT2D eigenvalue weighted by atomic mass is 16.5. The van der Waals surface area contributed by atoms with Crippen LogP contribution in [0.5, 0.6) is 11.5 Å². The fourth-order valence-electron chi connectivity index (χ4n) is 2.41. The molecule has 0 saturated carbocycles. The van der Waals surface area contributed by atoms with Gasteiger partial charge in [0.2, 0.25) is 0 Å². The van der Waals surface area contributed by atoms with Crippen molar-refractivity contribution in [1.29, 1.82) is 0 Å². The molecule has 1 unspecified atom stereocenters. The summed E-state index contributed by atoms with van der Waals surface area (Å²) in [7, 11) is 1.50. The molecule has 2 aromatic carbocycles. The van der Waals surface area contributed by atoms with Crippen molar-refractivity contribution in [3.05, 3.63) is 59.7 Å². The highest BCUT2D eigenvalue weighted by Crippen LogP contribution is 2.28. The lowest BCUT2D eigenvalue weighted by Gasteiger charge is -2.15. The maximum atomic E-state index is 12.3. The number of rotatable bonds is 8. The minimum Gasteiger partial charge on any atom is -0.493 e. The van der Waals surface area contributed by atoms with Crippen LogP contribution >= 0.6 is 0 Å². The third kappa shape index (κ3) is 4.73. The first-order valence-electron chi connectivity index (χ1n) is 7.93. The molecule has 0 bridgehead atoms. The molecule has 6 heteroatoms. The van der Waals surface area contributed by atoms with Crippen LogP contribution in [0.3, 0.4) is 0 Å². The molecule has 2 rings (SSSR count). The summed E-state index contributed by atoms with van der Waals surface area (Å²) in [6.45, 7) is 2.34. The van der Waals surface area contributed by atoms with Crippen LogP contribution in [0.2, 0.25) is 0 Å². The first-order valence-corrected chi connectivity index (χ1v) is 7.93. The maximum Gasteiger partial charge on any atom is 0.312 e. The molecule has 6 nitrogen and oxygen atoms in total. The van der Waals surface area contributed by atoms with E-state index in [1.165, 1.54) is 7.11 Å². The third-order valence-corrected chi connectivity index (χ3v) is 3.69. The lowest BCUT2D eigenvalue weighted by Crippen LogP contribution is -2.31. The van der Waals surface area contributed by atoms with E-state index in [-0.39, 0.29) is 12.5 Å². The summed E-state index contributed by atoms with van der Waals surface area (Å²) < 4.78 is 10.6. The van der Waals surface area contributed by atoms with Crippen molar-refractivity contribution in [3.63, 3.8) is 0 Å². The minimum atomic E-state index is -0.990. The Morgan fingerprint density at radius 1 is 1.12 bits per heavy atom. The summed E-state index contributed by atoms with van der Waals surface area (Å²) in [6, 6.07) is 13.6. The van der Waals surface area contributed by atoms with Gasteiger partial charge in [0.05, 0.1) is 19.6 Å². The van der Waals surface area contributed by atoms with E-state index in [4.69, 9.17) is 9.47 Å². The topological polar surface area (TPSA) is 84.9 Å². The number of methoxy groups -OCH3 is 1. The molecule has 0 aliphatic heterocycles. The fraction of sp³-hybridized carbons (Fsp3) is 0.263. The van der Waals surface area contributed by atoms with E-state index in [2.05, 4.69) is 5.32 Å². The summed E-state index contributed by atoms with van der Waals surface area (Å²) in [5.74, 6) is -1.17. The number of benzene rings is 2. The van der Waals surface area contributed by atoms with Crippen LogP contribution in [0.25, 0.3) is 0 Å². The van der Waals surface area contributed by atoms with E-state index in [0.717, 1.165) is 0 Å². The Hall–Kier alpha value is -3.02. The van der Waals surface area contributed by atoms with Crippen LogP contribution in [0.4, 0.5) is 0 Å². The molecular formula is C19H21NO5. The van der Waals surface area contributed by atoms with E-state index in [1.54, 1.807) is 42.5 Å². The van der Waals surface area contributed by atoms with E-state index in [0.29, 0.717) is 29.2 Å². The van der Waals surface area contributed by atoms with Crippen LogP contribution in [0, 0.1) is 0 Å². The molecule has 0 aliphatic rings. The Labute approximate surface area is 146 Å². The van der Waals surface area contributed by atoms with Gasteiger partial charge in [-0.15, -0.1) is 0 Å². The molecule has 0 saturated heterocycles. The van der Waals surface area contributed by atoms with Crippen molar-refractivity contribution in [2.45, 2.75) is 12.8 Å². The van der Waals surface area contributed by atoms with Gasteiger partial charge in [-0.1, -0.05) is 30.3 Å². The first kappa shape index (κ1) is 18.3. The number of nitrogens with one attached hydrogen (secondary N) is 1. The maximum absolute atomic E-state index is 12.3. The van der Waals surface area contributed by atoms with Gasteiger partial charge in [-0.05, 0) is 30.7 Å². The normalized spacial score (nSPS) is 11.4. The van der Waals surface area contributed by atoms with Crippen molar-refractivity contribution in [2.75, 3.05) is 20.3 Å². The largest absolute Gasteiger partial charge is 0.493 e. The molecule has 0 spiro atoms. The van der Waals surface area contributed by atoms with E-state index < -0.39 is 11.9 Å². The van der Waals surface area contributed by atoms with Crippen LogP contribution in [-0.2, 0) is 4.79 Å². The smallest absolute Gasteiger partial charge is 0.312 e. The van der Waals surface area contributed by atoms with Gasteiger partial charge in [0, 0.05) is 12.1 Å². The number of carboxylic acids is 1. The second kappa shape index (κ2) is 8.73. The summed E-state index contributed by atoms with van der Waals surface area (Å²) in [6.07, 6.45) is 0. The van der Waals surface area contributed by atoms with Gasteiger partial charge in [-0.2, -0.15) is 0 Å². The van der Waals surface area contributed by atoms with Gasteiger partial charge in [0.15, 0.2) is 11.5 Å².